The van der Waals surface area contributed by atoms with E-state index in [4.69, 9.17) is 0 Å². The van der Waals surface area contributed by atoms with Crippen molar-refractivity contribution in [2.75, 3.05) is 13.1 Å². The fraction of sp³-hybridized carbons (Fsp3) is 0.500. The Morgan fingerprint density at radius 2 is 1.78 bits per heavy atom. The molecule has 0 unspecified atom stereocenters. The number of piperidine rings is 1. The van der Waals surface area contributed by atoms with Gasteiger partial charge in [-0.2, -0.15) is 13.5 Å². The van der Waals surface area contributed by atoms with Crippen molar-refractivity contribution in [1.82, 2.24) is 19.2 Å². The van der Waals surface area contributed by atoms with E-state index in [1.165, 1.54) is 4.68 Å². The molecule has 3 heterocycles. The minimum absolute atomic E-state index is 0.0323. The van der Waals surface area contributed by atoms with Crippen LogP contribution in [0, 0.1) is 0 Å². The fourth-order valence-electron chi connectivity index (χ4n) is 4.12. The van der Waals surface area contributed by atoms with E-state index in [0.29, 0.717) is 30.5 Å². The van der Waals surface area contributed by atoms with E-state index >= 15 is 0 Å². The van der Waals surface area contributed by atoms with Crippen molar-refractivity contribution in [2.45, 2.75) is 42.5 Å². The molecule has 0 bridgehead atoms. The Labute approximate surface area is 157 Å². The minimum atomic E-state index is -3.60. The van der Waals surface area contributed by atoms with Gasteiger partial charge in [0, 0.05) is 37.7 Å². The molecule has 0 N–H and O–H groups in total. The molecular formula is C18H21N5O3S. The SMILES string of the molecule is Cn1nc(C2CCN(C3=NS(=O)(=O)c4ccccc43)CC2)n(C2CC2)c1=O. The molecule has 142 valence electrons. The third-order valence-corrected chi connectivity index (χ3v) is 6.99. The number of fused-ring (bicyclic) bond motifs is 1. The molecule has 9 heteroatoms. The van der Waals surface area contributed by atoms with E-state index in [-0.39, 0.29) is 16.5 Å². The number of aromatic nitrogens is 3. The van der Waals surface area contributed by atoms with Crippen molar-refractivity contribution in [3.8, 4) is 0 Å². The average Bonchev–Trinajstić information content (AvgIpc) is 3.40. The summed E-state index contributed by atoms with van der Waals surface area (Å²) in [5.41, 5.74) is 0.652. The van der Waals surface area contributed by atoms with E-state index in [0.717, 1.165) is 31.5 Å². The Morgan fingerprint density at radius 3 is 2.48 bits per heavy atom. The molecule has 3 aliphatic rings. The summed E-state index contributed by atoms with van der Waals surface area (Å²) in [5, 5.41) is 4.50. The first-order valence-corrected chi connectivity index (χ1v) is 10.7. The number of amidine groups is 1. The van der Waals surface area contributed by atoms with Gasteiger partial charge in [-0.15, -0.1) is 4.40 Å². The van der Waals surface area contributed by atoms with Crippen LogP contribution >= 0.6 is 0 Å². The van der Waals surface area contributed by atoms with E-state index in [1.807, 2.05) is 21.6 Å². The third-order valence-electron chi connectivity index (χ3n) is 5.67. The molecule has 2 fully saturated rings. The average molecular weight is 387 g/mol. The summed E-state index contributed by atoms with van der Waals surface area (Å²) in [6.07, 6.45) is 3.74. The van der Waals surface area contributed by atoms with Gasteiger partial charge < -0.3 is 4.90 Å². The van der Waals surface area contributed by atoms with Crippen LogP contribution in [0.25, 0.3) is 0 Å². The van der Waals surface area contributed by atoms with Gasteiger partial charge in [-0.05, 0) is 37.8 Å². The standard InChI is InChI=1S/C18H21N5O3S/c1-21-18(24)23(13-6-7-13)16(19-21)12-8-10-22(11-9-12)17-14-4-2-3-5-15(14)27(25,26)20-17/h2-5,12-13H,6-11H2,1H3. The van der Waals surface area contributed by atoms with Crippen molar-refractivity contribution in [2.24, 2.45) is 11.4 Å². The maximum absolute atomic E-state index is 12.4. The summed E-state index contributed by atoms with van der Waals surface area (Å²) in [6, 6.07) is 7.28. The zero-order chi connectivity index (χ0) is 18.8. The molecule has 8 nitrogen and oxygen atoms in total. The molecule has 27 heavy (non-hydrogen) atoms. The zero-order valence-electron chi connectivity index (χ0n) is 15.1. The summed E-state index contributed by atoms with van der Waals surface area (Å²) in [7, 11) is -1.89. The lowest BCUT2D eigenvalue weighted by molar-refractivity contribution is 0.302. The predicted molar refractivity (Wildman–Crippen MR) is 99.5 cm³/mol. The van der Waals surface area contributed by atoms with Crippen LogP contribution < -0.4 is 5.69 Å². The number of nitrogens with zero attached hydrogens (tertiary/aromatic N) is 5. The molecule has 0 amide bonds. The molecule has 1 aromatic heterocycles. The van der Waals surface area contributed by atoms with Gasteiger partial charge in [0.15, 0.2) is 5.84 Å². The van der Waals surface area contributed by atoms with Crippen molar-refractivity contribution < 1.29 is 8.42 Å². The van der Waals surface area contributed by atoms with Crippen LogP contribution in [0.4, 0.5) is 0 Å². The minimum Gasteiger partial charge on any atom is -0.355 e. The number of hydrogen-bond donors (Lipinski definition) is 0. The number of likely N-dealkylation sites (tertiary alicyclic amines) is 1. The maximum Gasteiger partial charge on any atom is 0.345 e. The van der Waals surface area contributed by atoms with Crippen molar-refractivity contribution in [3.63, 3.8) is 0 Å². The second kappa shape index (κ2) is 5.79. The smallest absolute Gasteiger partial charge is 0.345 e. The maximum atomic E-state index is 12.4. The highest BCUT2D eigenvalue weighted by molar-refractivity contribution is 7.90. The summed E-state index contributed by atoms with van der Waals surface area (Å²) >= 11 is 0. The number of aryl methyl sites for hydroxylation is 1. The van der Waals surface area contributed by atoms with E-state index in [2.05, 4.69) is 9.50 Å². The van der Waals surface area contributed by atoms with Crippen LogP contribution in [-0.4, -0.2) is 46.6 Å². The molecular weight excluding hydrogens is 366 g/mol. The summed E-state index contributed by atoms with van der Waals surface area (Å²) in [4.78, 5) is 14.7. The van der Waals surface area contributed by atoms with Crippen LogP contribution in [-0.2, 0) is 17.1 Å². The van der Waals surface area contributed by atoms with Crippen molar-refractivity contribution in [3.05, 3.63) is 46.1 Å². The molecule has 1 saturated carbocycles. The Hall–Kier alpha value is -2.42. The van der Waals surface area contributed by atoms with Crippen LogP contribution in [0.1, 0.15) is 49.0 Å². The lowest BCUT2D eigenvalue weighted by atomic mass is 9.95. The van der Waals surface area contributed by atoms with Gasteiger partial charge in [0.2, 0.25) is 0 Å². The molecule has 5 rings (SSSR count). The second-order valence-corrected chi connectivity index (χ2v) is 9.09. The van der Waals surface area contributed by atoms with E-state index < -0.39 is 10.0 Å². The molecule has 2 aliphatic heterocycles. The van der Waals surface area contributed by atoms with Gasteiger partial charge in [-0.25, -0.2) is 9.48 Å². The Balaban J connectivity index is 1.39. The highest BCUT2D eigenvalue weighted by atomic mass is 32.2. The summed E-state index contributed by atoms with van der Waals surface area (Å²) < 4.78 is 31.9. The lowest BCUT2D eigenvalue weighted by Crippen LogP contribution is -2.38. The first-order chi connectivity index (χ1) is 13.0. The van der Waals surface area contributed by atoms with Crippen LogP contribution in [0.2, 0.25) is 0 Å². The highest BCUT2D eigenvalue weighted by Crippen LogP contribution is 2.38. The topological polar surface area (TPSA) is 89.6 Å². The van der Waals surface area contributed by atoms with Gasteiger partial charge in [0.05, 0.1) is 0 Å². The Morgan fingerprint density at radius 1 is 1.07 bits per heavy atom. The molecule has 1 saturated heterocycles. The van der Waals surface area contributed by atoms with Crippen molar-refractivity contribution in [1.29, 1.82) is 0 Å². The zero-order valence-corrected chi connectivity index (χ0v) is 15.9. The van der Waals surface area contributed by atoms with Gasteiger partial charge in [-0.3, -0.25) is 4.57 Å². The fourth-order valence-corrected chi connectivity index (χ4v) is 5.35. The van der Waals surface area contributed by atoms with Crippen molar-refractivity contribution >= 4 is 15.9 Å². The van der Waals surface area contributed by atoms with Gasteiger partial charge in [0.1, 0.15) is 10.7 Å². The second-order valence-electron chi connectivity index (χ2n) is 7.51. The lowest BCUT2D eigenvalue weighted by Gasteiger charge is -2.32. The van der Waals surface area contributed by atoms with Crippen LogP contribution in [0.5, 0.6) is 0 Å². The number of benzene rings is 1. The first kappa shape index (κ1) is 16.7. The van der Waals surface area contributed by atoms with E-state index in [1.54, 1.807) is 19.2 Å². The molecule has 2 aromatic rings. The van der Waals surface area contributed by atoms with Gasteiger partial charge >= 0.3 is 5.69 Å². The predicted octanol–water partition coefficient (Wildman–Crippen LogP) is 1.25. The normalized spacial score (nSPS) is 22.0. The van der Waals surface area contributed by atoms with Crippen LogP contribution in [0.15, 0.2) is 38.4 Å². The monoisotopic (exact) mass is 387 g/mol. The Kier molecular flexibility index (Phi) is 3.59. The first-order valence-electron chi connectivity index (χ1n) is 9.30. The third kappa shape index (κ3) is 2.63. The Bertz CT molecular complexity index is 1100. The molecule has 0 atom stereocenters. The molecule has 1 aromatic carbocycles. The van der Waals surface area contributed by atoms with E-state index in [9.17, 15) is 13.2 Å². The summed E-state index contributed by atoms with van der Waals surface area (Å²) in [6.45, 7) is 1.39. The molecule has 0 spiro atoms. The largest absolute Gasteiger partial charge is 0.355 e. The molecule has 0 radical (unpaired) electrons. The number of sulfonamides is 1. The van der Waals surface area contributed by atoms with Gasteiger partial charge in [0.25, 0.3) is 10.0 Å². The van der Waals surface area contributed by atoms with Gasteiger partial charge in [-0.1, -0.05) is 12.1 Å². The number of rotatable bonds is 2. The van der Waals surface area contributed by atoms with Crippen LogP contribution in [0.3, 0.4) is 0 Å². The summed E-state index contributed by atoms with van der Waals surface area (Å²) in [5.74, 6) is 1.64. The number of hydrogen-bond acceptors (Lipinski definition) is 5. The highest BCUT2D eigenvalue weighted by Gasteiger charge is 2.36. The quantitative estimate of drug-likeness (QED) is 0.774. The molecule has 1 aliphatic carbocycles.